The molecule has 0 bridgehead atoms. The minimum Gasteiger partial charge on any atom is -0.497 e. The van der Waals surface area contributed by atoms with E-state index in [4.69, 9.17) is 49.6 Å². The molecule has 20 heteroatoms. The van der Waals surface area contributed by atoms with Crippen molar-refractivity contribution >= 4 is 21.4 Å². The fraction of sp³-hybridized carbons (Fsp3) is 0.327. The highest BCUT2D eigenvalue weighted by atomic mass is 31.2. The van der Waals surface area contributed by atoms with E-state index in [1.165, 1.54) is 28.6 Å². The van der Waals surface area contributed by atoms with Crippen LogP contribution < -0.4 is 32.0 Å². The molecule has 2 aliphatic heterocycles. The minimum atomic E-state index is -3.87. The van der Waals surface area contributed by atoms with Crippen LogP contribution in [0.15, 0.2) is 141 Å². The Hall–Kier alpha value is -6.44. The molecular formula is C49H51BN4O14P. The van der Waals surface area contributed by atoms with Gasteiger partial charge >= 0.3 is 17.3 Å². The number of hydrogen-bond acceptors (Lipinski definition) is 14. The van der Waals surface area contributed by atoms with Crippen molar-refractivity contribution in [2.75, 3.05) is 34.5 Å². The number of aromatic nitrogens is 4. The first-order chi connectivity index (χ1) is 33.2. The zero-order valence-corrected chi connectivity index (χ0v) is 39.4. The van der Waals surface area contributed by atoms with E-state index in [1.54, 1.807) is 58.4 Å². The van der Waals surface area contributed by atoms with Gasteiger partial charge in [-0.25, -0.2) is 28.0 Å². The van der Waals surface area contributed by atoms with Gasteiger partial charge in [0.05, 0.1) is 33.5 Å². The number of rotatable bonds is 18. The standard InChI is InChI=1S/C49H50BN4O14P/c1-30-26-53(47(58)51-44(30)55)42-24-38(67-46(57)32-12-8-6-9-13-32)41(66-42)29-64-69(50,62-5)68-39-25-43(54-27-31(2)45(56)52-48(54)59)65-40(39)28-63-49(33-14-10-7-11-15-33,34-16-20-36(60-3)21-17-34)35-18-22-37(61-4)23-19-35/h6-23,26-27,38-43H,24-25,28-29H2,1-5H3,(H-,51,52,55,56,58,59)/q-1/p+1/t38-,39-,40+,41+,42+,43+,69?/m0/s1. The number of ether oxygens (including phenoxy) is 6. The molecule has 0 spiro atoms. The van der Waals surface area contributed by atoms with Crippen molar-refractivity contribution < 1.29 is 46.8 Å². The van der Waals surface area contributed by atoms with Crippen LogP contribution in [0.5, 0.6) is 11.5 Å². The van der Waals surface area contributed by atoms with E-state index in [-0.39, 0.29) is 42.7 Å². The molecule has 18 nitrogen and oxygen atoms in total. The van der Waals surface area contributed by atoms with Crippen molar-refractivity contribution in [1.82, 2.24) is 19.1 Å². The van der Waals surface area contributed by atoms with Crippen LogP contribution in [-0.4, -0.2) is 91.6 Å². The molecule has 6 aromatic rings. The molecule has 4 heterocycles. The average Bonchev–Trinajstić information content (AvgIpc) is 3.96. The summed E-state index contributed by atoms with van der Waals surface area (Å²) in [5, 5.41) is 0. The summed E-state index contributed by atoms with van der Waals surface area (Å²) in [7, 11) is 7.49. The lowest BCUT2D eigenvalue weighted by atomic mass is 9.80. The predicted molar refractivity (Wildman–Crippen MR) is 254 cm³/mol. The maximum Gasteiger partial charge on any atom is 0.338 e. The molecule has 2 fully saturated rings. The minimum absolute atomic E-state index is 0.0122. The molecule has 359 valence electrons. The Morgan fingerprint density at radius 2 is 1.13 bits per heavy atom. The lowest BCUT2D eigenvalue weighted by Crippen LogP contribution is -2.39. The Balaban J connectivity index is 1.11. The second-order valence-electron chi connectivity index (χ2n) is 16.5. The van der Waals surface area contributed by atoms with Crippen molar-refractivity contribution in [3.63, 3.8) is 0 Å². The van der Waals surface area contributed by atoms with Crippen molar-refractivity contribution in [3.05, 3.63) is 197 Å². The van der Waals surface area contributed by atoms with E-state index in [0.717, 1.165) is 16.7 Å². The van der Waals surface area contributed by atoms with Gasteiger partial charge in [0, 0.05) is 36.4 Å². The number of aryl methyl sites for hydroxylation is 2. The fourth-order valence-corrected chi connectivity index (χ4v) is 9.64. The van der Waals surface area contributed by atoms with E-state index >= 15 is 0 Å². The number of hydrogen-bond donors (Lipinski definition) is 2. The fourth-order valence-electron chi connectivity index (χ4n) is 8.43. The number of nitrogens with one attached hydrogen (secondary N) is 2. The van der Waals surface area contributed by atoms with Crippen LogP contribution in [0.4, 0.5) is 0 Å². The Kier molecular flexibility index (Phi) is 15.0. The molecule has 69 heavy (non-hydrogen) atoms. The summed E-state index contributed by atoms with van der Waals surface area (Å²) in [6, 6.07) is 33.0. The number of aromatic amines is 2. The van der Waals surface area contributed by atoms with Gasteiger partial charge < -0.3 is 28.4 Å². The molecule has 1 unspecified atom stereocenters. The number of esters is 1. The number of benzene rings is 4. The second-order valence-corrected chi connectivity index (χ2v) is 18.4. The largest absolute Gasteiger partial charge is 0.497 e. The lowest BCUT2D eigenvalue weighted by molar-refractivity contribution is -0.0942. The van der Waals surface area contributed by atoms with Gasteiger partial charge in [-0.3, -0.25) is 28.7 Å². The Morgan fingerprint density at radius 3 is 1.62 bits per heavy atom. The molecule has 0 aliphatic carbocycles. The third-order valence-corrected chi connectivity index (χ3v) is 13.7. The molecule has 3 radical (unpaired) electrons. The van der Waals surface area contributed by atoms with E-state index in [2.05, 4.69) is 9.97 Å². The van der Waals surface area contributed by atoms with Crippen molar-refractivity contribution in [2.24, 2.45) is 0 Å². The zero-order chi connectivity index (χ0) is 48.9. The van der Waals surface area contributed by atoms with E-state index in [0.29, 0.717) is 11.5 Å². The molecule has 7 atom stereocenters. The molecule has 2 aliphatic rings. The van der Waals surface area contributed by atoms with Crippen molar-refractivity contribution in [3.8, 4) is 11.5 Å². The second kappa shape index (κ2) is 21.1. The number of nitrogens with zero attached hydrogens (tertiary/aromatic N) is 2. The topological polar surface area (TPSA) is 210 Å². The van der Waals surface area contributed by atoms with Gasteiger partial charge in [0.2, 0.25) is 0 Å². The van der Waals surface area contributed by atoms with Crippen LogP contribution in [0.25, 0.3) is 0 Å². The van der Waals surface area contributed by atoms with Gasteiger partial charge in [-0.1, -0.05) is 72.8 Å². The highest BCUT2D eigenvalue weighted by Crippen LogP contribution is 2.60. The first-order valence-corrected chi connectivity index (χ1v) is 23.6. The summed E-state index contributed by atoms with van der Waals surface area (Å²) in [6.45, 7) is 2.61. The highest BCUT2D eigenvalue weighted by molar-refractivity contribution is 7.85. The van der Waals surface area contributed by atoms with E-state index in [9.17, 15) is 24.0 Å². The summed E-state index contributed by atoms with van der Waals surface area (Å²) < 4.78 is 58.3. The van der Waals surface area contributed by atoms with E-state index in [1.807, 2.05) is 78.9 Å². The molecule has 2 aromatic heterocycles. The lowest BCUT2D eigenvalue weighted by Gasteiger charge is -2.38. The monoisotopic (exact) mass is 961 g/mol. The predicted octanol–water partition coefficient (Wildman–Crippen LogP) is 5.42. The quantitative estimate of drug-likeness (QED) is 0.0477. The third-order valence-electron chi connectivity index (χ3n) is 12.1. The van der Waals surface area contributed by atoms with Gasteiger partial charge in [-0.05, 0) is 66.9 Å². The van der Waals surface area contributed by atoms with Crippen LogP contribution in [0.3, 0.4) is 0 Å². The highest BCUT2D eigenvalue weighted by Gasteiger charge is 2.47. The smallest absolute Gasteiger partial charge is 0.338 e. The summed E-state index contributed by atoms with van der Waals surface area (Å²) >= 11 is 0. The molecule has 2 saturated heterocycles. The van der Waals surface area contributed by atoms with E-state index < -0.39 is 78.8 Å². The van der Waals surface area contributed by atoms with Crippen LogP contribution in [0.1, 0.15) is 63.5 Å². The maximum absolute atomic E-state index is 13.4. The van der Waals surface area contributed by atoms with Gasteiger partial charge in [0.25, 0.3) is 11.1 Å². The molecular weight excluding hydrogens is 910 g/mol. The SMILES string of the molecule is [B-][P+](OC)(OC[C@H]1O[C@@H](n2cc(C)c(=O)[nH]c2=O)C[C@@H]1OC(=O)c1ccccc1)O[C@H]1C[C@H](n2cc(C)c(=O)[nH]c2=O)O[C@@H]1COC(c1ccccc1)(c1ccc(OC)cc1)c1ccc(OC)cc1. The Bertz CT molecular complexity index is 2920. The van der Waals surface area contributed by atoms with Crippen LogP contribution in [0, 0.1) is 13.8 Å². The molecule has 0 amide bonds. The number of methoxy groups -OCH3 is 2. The number of H-pyrrole nitrogens is 2. The summed E-state index contributed by atoms with van der Waals surface area (Å²) in [4.78, 5) is 69.0. The Morgan fingerprint density at radius 1 is 0.667 bits per heavy atom. The summed E-state index contributed by atoms with van der Waals surface area (Å²) in [5.74, 6) is 0.627. The van der Waals surface area contributed by atoms with Crippen molar-refractivity contribution in [1.29, 1.82) is 0 Å². The summed E-state index contributed by atoms with van der Waals surface area (Å²) in [6.07, 6.45) is -3.07. The number of carbonyl (C=O) groups is 1. The molecule has 8 rings (SSSR count). The zero-order valence-electron chi connectivity index (χ0n) is 38.5. The van der Waals surface area contributed by atoms with Gasteiger partial charge in [0.15, 0.2) is 0 Å². The van der Waals surface area contributed by atoms with Gasteiger partial charge in [-0.15, -0.1) is 0 Å². The molecule has 0 saturated carbocycles. The maximum atomic E-state index is 13.4. The van der Waals surface area contributed by atoms with Gasteiger partial charge in [-0.2, -0.15) is 7.57 Å². The van der Waals surface area contributed by atoms with Crippen LogP contribution in [-0.2, 0) is 38.1 Å². The van der Waals surface area contributed by atoms with Crippen LogP contribution >= 0.6 is 7.82 Å². The normalized spacial score (nSPS) is 21.1. The summed E-state index contributed by atoms with van der Waals surface area (Å²) in [5.41, 5.74) is -0.705. The Labute approximate surface area is 397 Å². The molecule has 2 N–H and O–H groups in total. The first kappa shape index (κ1) is 49.0. The molecule has 4 aromatic carbocycles. The first-order valence-electron chi connectivity index (χ1n) is 22.0. The van der Waals surface area contributed by atoms with Crippen molar-refractivity contribution in [2.45, 2.75) is 69.2 Å². The number of carbonyl (C=O) groups excluding carboxylic acids is 1. The van der Waals surface area contributed by atoms with Gasteiger partial charge in [0.1, 0.15) is 68.4 Å². The van der Waals surface area contributed by atoms with Crippen LogP contribution in [0.2, 0.25) is 0 Å². The third kappa shape index (κ3) is 10.6. The average molecular weight is 962 g/mol.